The molecule has 0 saturated heterocycles. The van der Waals surface area contributed by atoms with Crippen LogP contribution in [0.2, 0.25) is 0 Å². The number of nitrogens with two attached hydrogens (primary N) is 1. The Morgan fingerprint density at radius 2 is 2.04 bits per heavy atom. The first-order valence-corrected chi connectivity index (χ1v) is 7.83. The summed E-state index contributed by atoms with van der Waals surface area (Å²) in [4.78, 5) is 11.0. The minimum atomic E-state index is -0.537. The second kappa shape index (κ2) is 7.76. The van der Waals surface area contributed by atoms with Gasteiger partial charge in [-0.25, -0.2) is 0 Å². The summed E-state index contributed by atoms with van der Waals surface area (Å²) in [6, 6.07) is 11.4. The molecule has 0 unspecified atom stereocenters. The van der Waals surface area contributed by atoms with Crippen LogP contribution in [-0.4, -0.2) is 26.4 Å². The third kappa shape index (κ3) is 4.13. The van der Waals surface area contributed by atoms with Crippen molar-refractivity contribution in [2.75, 3.05) is 20.5 Å². The van der Waals surface area contributed by atoms with Crippen molar-refractivity contribution in [2.45, 2.75) is 13.1 Å². The number of hydrogen-bond acceptors (Lipinski definition) is 6. The summed E-state index contributed by atoms with van der Waals surface area (Å²) >= 11 is 0. The van der Waals surface area contributed by atoms with Crippen molar-refractivity contribution in [3.8, 4) is 23.0 Å². The Morgan fingerprint density at radius 3 is 2.84 bits per heavy atom. The number of benzene rings is 2. The van der Waals surface area contributed by atoms with Gasteiger partial charge in [0.05, 0.1) is 7.11 Å². The molecule has 1 amide bonds. The minimum absolute atomic E-state index is 0.199. The van der Waals surface area contributed by atoms with Crippen molar-refractivity contribution in [3.63, 3.8) is 0 Å². The molecular formula is C18H20N2O5. The van der Waals surface area contributed by atoms with Crippen LogP contribution < -0.4 is 30.0 Å². The molecular weight excluding hydrogens is 324 g/mol. The van der Waals surface area contributed by atoms with Gasteiger partial charge in [-0.1, -0.05) is 18.2 Å². The summed E-state index contributed by atoms with van der Waals surface area (Å²) in [7, 11) is 1.55. The van der Waals surface area contributed by atoms with Crippen molar-refractivity contribution in [2.24, 2.45) is 5.73 Å². The average Bonchev–Trinajstić information content (AvgIpc) is 3.08. The Bertz CT molecular complexity index is 763. The number of ether oxygens (including phenoxy) is 4. The second-order valence-corrected chi connectivity index (χ2v) is 5.49. The quantitative estimate of drug-likeness (QED) is 0.755. The van der Waals surface area contributed by atoms with E-state index in [1.165, 1.54) is 0 Å². The molecule has 7 heteroatoms. The molecule has 1 aliphatic rings. The minimum Gasteiger partial charge on any atom is -0.493 e. The highest BCUT2D eigenvalue weighted by atomic mass is 16.7. The summed E-state index contributed by atoms with van der Waals surface area (Å²) in [6.45, 7) is 1.25. The lowest BCUT2D eigenvalue weighted by Gasteiger charge is -2.15. The monoisotopic (exact) mass is 344 g/mol. The van der Waals surface area contributed by atoms with E-state index in [-0.39, 0.29) is 13.4 Å². The van der Waals surface area contributed by atoms with Gasteiger partial charge in [0.25, 0.3) is 5.91 Å². The number of hydrogen-bond donors (Lipinski definition) is 2. The van der Waals surface area contributed by atoms with E-state index in [0.29, 0.717) is 24.6 Å². The number of methoxy groups -OCH3 is 1. The standard InChI is InChI=1S/C18H20N2O5/c1-22-15-4-2-3-13(18(15)23-10-17(19)21)9-20-8-12-5-6-14-16(7-12)25-11-24-14/h2-7,20H,8-11H2,1H3,(H2,19,21). The van der Waals surface area contributed by atoms with Crippen molar-refractivity contribution in [1.29, 1.82) is 0 Å². The zero-order valence-corrected chi connectivity index (χ0v) is 13.9. The summed E-state index contributed by atoms with van der Waals surface area (Å²) < 4.78 is 21.5. The SMILES string of the molecule is COc1cccc(CNCc2ccc3c(c2)OCO3)c1OCC(N)=O. The molecule has 25 heavy (non-hydrogen) atoms. The van der Waals surface area contributed by atoms with Crippen molar-refractivity contribution in [1.82, 2.24) is 5.32 Å². The van der Waals surface area contributed by atoms with Gasteiger partial charge in [0, 0.05) is 18.7 Å². The number of nitrogens with one attached hydrogen (secondary N) is 1. The fourth-order valence-electron chi connectivity index (χ4n) is 2.56. The molecule has 3 N–H and O–H groups in total. The van der Waals surface area contributed by atoms with Crippen LogP contribution in [0.3, 0.4) is 0 Å². The van der Waals surface area contributed by atoms with Gasteiger partial charge in [-0.3, -0.25) is 4.79 Å². The Morgan fingerprint density at radius 1 is 1.20 bits per heavy atom. The van der Waals surface area contributed by atoms with Crippen LogP contribution in [-0.2, 0) is 17.9 Å². The summed E-state index contributed by atoms with van der Waals surface area (Å²) in [6.07, 6.45) is 0. The van der Waals surface area contributed by atoms with E-state index in [4.69, 9.17) is 24.7 Å². The molecule has 2 aromatic rings. The van der Waals surface area contributed by atoms with Gasteiger partial charge in [0.2, 0.25) is 6.79 Å². The molecule has 2 aromatic carbocycles. The van der Waals surface area contributed by atoms with Gasteiger partial charge in [-0.05, 0) is 23.8 Å². The highest BCUT2D eigenvalue weighted by Crippen LogP contribution is 2.33. The maximum Gasteiger partial charge on any atom is 0.255 e. The number of carbonyl (C=O) groups is 1. The summed E-state index contributed by atoms with van der Waals surface area (Å²) in [5.41, 5.74) is 7.11. The number of carbonyl (C=O) groups excluding carboxylic acids is 1. The van der Waals surface area contributed by atoms with Crippen molar-refractivity contribution in [3.05, 3.63) is 47.5 Å². The third-order valence-electron chi connectivity index (χ3n) is 3.72. The highest BCUT2D eigenvalue weighted by molar-refractivity contribution is 5.75. The van der Waals surface area contributed by atoms with E-state index >= 15 is 0 Å². The number of primary amides is 1. The highest BCUT2D eigenvalue weighted by Gasteiger charge is 2.14. The van der Waals surface area contributed by atoms with E-state index in [9.17, 15) is 4.79 Å². The van der Waals surface area contributed by atoms with Gasteiger partial charge < -0.3 is 30.0 Å². The zero-order chi connectivity index (χ0) is 17.6. The molecule has 0 bridgehead atoms. The lowest BCUT2D eigenvalue weighted by molar-refractivity contribution is -0.119. The molecule has 0 saturated carbocycles. The number of fused-ring (bicyclic) bond motifs is 1. The normalized spacial score (nSPS) is 12.0. The fourth-order valence-corrected chi connectivity index (χ4v) is 2.56. The first-order valence-electron chi connectivity index (χ1n) is 7.83. The van der Waals surface area contributed by atoms with Gasteiger partial charge in [0.1, 0.15) is 0 Å². The van der Waals surface area contributed by atoms with Crippen LogP contribution in [0.4, 0.5) is 0 Å². The Hall–Kier alpha value is -2.93. The average molecular weight is 344 g/mol. The number of para-hydroxylation sites is 1. The lowest BCUT2D eigenvalue weighted by Crippen LogP contribution is -2.21. The molecule has 1 aliphatic heterocycles. The van der Waals surface area contributed by atoms with Crippen molar-refractivity contribution < 1.29 is 23.7 Å². The van der Waals surface area contributed by atoms with E-state index in [1.807, 2.05) is 30.3 Å². The molecule has 0 aliphatic carbocycles. The Labute approximate surface area is 145 Å². The number of rotatable bonds is 8. The predicted molar refractivity (Wildman–Crippen MR) is 90.8 cm³/mol. The smallest absolute Gasteiger partial charge is 0.255 e. The molecule has 0 fully saturated rings. The van der Waals surface area contributed by atoms with Gasteiger partial charge >= 0.3 is 0 Å². The van der Waals surface area contributed by atoms with Gasteiger partial charge in [-0.15, -0.1) is 0 Å². The van der Waals surface area contributed by atoms with Crippen LogP contribution in [0.5, 0.6) is 23.0 Å². The molecule has 0 radical (unpaired) electrons. The topological polar surface area (TPSA) is 92.0 Å². The van der Waals surface area contributed by atoms with Crippen LogP contribution >= 0.6 is 0 Å². The van der Waals surface area contributed by atoms with Gasteiger partial charge in [0.15, 0.2) is 29.6 Å². The zero-order valence-electron chi connectivity index (χ0n) is 13.9. The van der Waals surface area contributed by atoms with E-state index in [1.54, 1.807) is 13.2 Å². The first-order chi connectivity index (χ1) is 12.2. The molecule has 132 valence electrons. The van der Waals surface area contributed by atoms with E-state index in [2.05, 4.69) is 5.32 Å². The third-order valence-corrected chi connectivity index (χ3v) is 3.72. The Kier molecular flexibility index (Phi) is 5.25. The second-order valence-electron chi connectivity index (χ2n) is 5.49. The largest absolute Gasteiger partial charge is 0.493 e. The van der Waals surface area contributed by atoms with E-state index in [0.717, 1.165) is 22.6 Å². The molecule has 0 aromatic heterocycles. The Balaban J connectivity index is 1.65. The molecule has 7 nitrogen and oxygen atoms in total. The van der Waals surface area contributed by atoms with Crippen LogP contribution in [0.25, 0.3) is 0 Å². The molecule has 0 spiro atoms. The van der Waals surface area contributed by atoms with Crippen LogP contribution in [0.1, 0.15) is 11.1 Å². The van der Waals surface area contributed by atoms with Crippen LogP contribution in [0, 0.1) is 0 Å². The molecule has 1 heterocycles. The van der Waals surface area contributed by atoms with Crippen molar-refractivity contribution >= 4 is 5.91 Å². The maximum atomic E-state index is 11.0. The summed E-state index contributed by atoms with van der Waals surface area (Å²) in [5, 5.41) is 3.34. The number of amides is 1. The molecule has 0 atom stereocenters. The predicted octanol–water partition coefficient (Wildman–Crippen LogP) is 1.58. The first kappa shape index (κ1) is 16.9. The van der Waals surface area contributed by atoms with E-state index < -0.39 is 5.91 Å². The molecule has 3 rings (SSSR count). The fraction of sp³-hybridized carbons (Fsp3) is 0.278. The summed E-state index contributed by atoms with van der Waals surface area (Å²) in [5.74, 6) is 2.06. The van der Waals surface area contributed by atoms with Gasteiger partial charge in [-0.2, -0.15) is 0 Å². The maximum absolute atomic E-state index is 11.0. The van der Waals surface area contributed by atoms with Crippen LogP contribution in [0.15, 0.2) is 36.4 Å². The lowest BCUT2D eigenvalue weighted by atomic mass is 10.1.